The van der Waals surface area contributed by atoms with Crippen LogP contribution in [-0.2, 0) is 23.1 Å². The molecule has 0 atom stereocenters. The van der Waals surface area contributed by atoms with Crippen LogP contribution in [0.1, 0.15) is 18.1 Å². The van der Waals surface area contributed by atoms with Crippen molar-refractivity contribution in [2.75, 3.05) is 13.6 Å². The zero-order chi connectivity index (χ0) is 15.3. The maximum absolute atomic E-state index is 12.1. The second-order valence-corrected chi connectivity index (χ2v) is 6.35. The molecule has 0 aliphatic heterocycles. The summed E-state index contributed by atoms with van der Waals surface area (Å²) >= 11 is 0. The SMILES string of the molecule is CNCCCn1cc(S(=O)(=O)NCc2ncc(C)o2)cn1. The van der Waals surface area contributed by atoms with E-state index in [1.807, 2.05) is 7.05 Å². The molecule has 9 heteroatoms. The molecule has 0 spiro atoms. The van der Waals surface area contributed by atoms with E-state index in [0.29, 0.717) is 18.2 Å². The first kappa shape index (κ1) is 15.7. The molecular formula is C12H19N5O3S. The molecule has 21 heavy (non-hydrogen) atoms. The number of oxazole rings is 1. The van der Waals surface area contributed by atoms with Crippen molar-refractivity contribution in [1.29, 1.82) is 0 Å². The molecule has 0 fully saturated rings. The molecular weight excluding hydrogens is 294 g/mol. The fourth-order valence-corrected chi connectivity index (χ4v) is 2.67. The predicted molar refractivity (Wildman–Crippen MR) is 76.0 cm³/mol. The third kappa shape index (κ3) is 4.38. The summed E-state index contributed by atoms with van der Waals surface area (Å²) < 4.78 is 33.5. The molecule has 2 heterocycles. The van der Waals surface area contributed by atoms with Gasteiger partial charge in [0.25, 0.3) is 0 Å². The van der Waals surface area contributed by atoms with E-state index in [4.69, 9.17) is 4.42 Å². The van der Waals surface area contributed by atoms with E-state index in [9.17, 15) is 8.42 Å². The van der Waals surface area contributed by atoms with Gasteiger partial charge in [-0.25, -0.2) is 18.1 Å². The first-order valence-corrected chi connectivity index (χ1v) is 8.07. The fourth-order valence-electron chi connectivity index (χ4n) is 1.75. The average Bonchev–Trinajstić information content (AvgIpc) is 3.06. The summed E-state index contributed by atoms with van der Waals surface area (Å²) in [4.78, 5) is 4.08. The Morgan fingerprint density at radius 1 is 1.38 bits per heavy atom. The topological polar surface area (TPSA) is 102 Å². The second-order valence-electron chi connectivity index (χ2n) is 4.59. The lowest BCUT2D eigenvalue weighted by atomic mass is 10.4. The number of aryl methyl sites for hydroxylation is 2. The van der Waals surface area contributed by atoms with E-state index < -0.39 is 10.0 Å². The Hall–Kier alpha value is -1.71. The first-order chi connectivity index (χ1) is 10.0. The minimum atomic E-state index is -3.61. The van der Waals surface area contributed by atoms with Gasteiger partial charge in [0.15, 0.2) is 0 Å². The summed E-state index contributed by atoms with van der Waals surface area (Å²) in [6.07, 6.45) is 5.27. The summed E-state index contributed by atoms with van der Waals surface area (Å²) in [6, 6.07) is 0. The molecule has 0 amide bonds. The maximum Gasteiger partial charge on any atom is 0.244 e. The van der Waals surface area contributed by atoms with Crippen molar-refractivity contribution >= 4 is 10.0 Å². The Morgan fingerprint density at radius 2 is 2.19 bits per heavy atom. The van der Waals surface area contributed by atoms with Gasteiger partial charge in [-0.3, -0.25) is 4.68 Å². The van der Waals surface area contributed by atoms with Crippen molar-refractivity contribution in [2.45, 2.75) is 31.3 Å². The van der Waals surface area contributed by atoms with E-state index in [1.54, 1.807) is 17.8 Å². The Kier molecular flexibility index (Phi) is 5.10. The van der Waals surface area contributed by atoms with Crippen LogP contribution in [0.15, 0.2) is 27.9 Å². The third-order valence-corrected chi connectivity index (χ3v) is 4.17. The van der Waals surface area contributed by atoms with Gasteiger partial charge in [0.1, 0.15) is 10.7 Å². The maximum atomic E-state index is 12.1. The molecule has 116 valence electrons. The highest BCUT2D eigenvalue weighted by Crippen LogP contribution is 2.09. The van der Waals surface area contributed by atoms with Gasteiger partial charge in [-0.2, -0.15) is 5.10 Å². The molecule has 0 aliphatic rings. The van der Waals surface area contributed by atoms with Crippen molar-refractivity contribution in [1.82, 2.24) is 24.8 Å². The summed E-state index contributed by atoms with van der Waals surface area (Å²) in [5.41, 5.74) is 0. The molecule has 0 saturated heterocycles. The monoisotopic (exact) mass is 313 g/mol. The molecule has 2 N–H and O–H groups in total. The van der Waals surface area contributed by atoms with Crippen LogP contribution in [0.4, 0.5) is 0 Å². The molecule has 0 unspecified atom stereocenters. The zero-order valence-corrected chi connectivity index (χ0v) is 12.9. The molecule has 0 aliphatic carbocycles. The van der Waals surface area contributed by atoms with Crippen molar-refractivity contribution < 1.29 is 12.8 Å². The second kappa shape index (κ2) is 6.83. The number of rotatable bonds is 8. The average molecular weight is 313 g/mol. The minimum Gasteiger partial charge on any atom is -0.445 e. The van der Waals surface area contributed by atoms with Crippen molar-refractivity contribution in [3.05, 3.63) is 30.2 Å². The molecule has 0 saturated carbocycles. The molecule has 2 rings (SSSR count). The highest BCUT2D eigenvalue weighted by atomic mass is 32.2. The van der Waals surface area contributed by atoms with Crippen LogP contribution in [0.3, 0.4) is 0 Å². The molecule has 0 aromatic carbocycles. The van der Waals surface area contributed by atoms with Crippen LogP contribution in [0.5, 0.6) is 0 Å². The largest absolute Gasteiger partial charge is 0.445 e. The van der Waals surface area contributed by atoms with E-state index in [0.717, 1.165) is 13.0 Å². The number of sulfonamides is 1. The molecule has 0 radical (unpaired) electrons. The van der Waals surface area contributed by atoms with Gasteiger partial charge >= 0.3 is 0 Å². The number of nitrogens with one attached hydrogen (secondary N) is 2. The van der Waals surface area contributed by atoms with Gasteiger partial charge < -0.3 is 9.73 Å². The van der Waals surface area contributed by atoms with Crippen LogP contribution in [0.2, 0.25) is 0 Å². The van der Waals surface area contributed by atoms with Crippen molar-refractivity contribution in [3.63, 3.8) is 0 Å². The number of hydrogen-bond donors (Lipinski definition) is 2. The third-order valence-electron chi connectivity index (χ3n) is 2.82. The van der Waals surface area contributed by atoms with Crippen LogP contribution < -0.4 is 10.0 Å². The smallest absolute Gasteiger partial charge is 0.244 e. The Morgan fingerprint density at radius 3 is 2.86 bits per heavy atom. The molecule has 0 bridgehead atoms. The number of nitrogens with zero attached hydrogens (tertiary/aromatic N) is 3. The summed E-state index contributed by atoms with van der Waals surface area (Å²) in [5, 5.41) is 7.07. The summed E-state index contributed by atoms with van der Waals surface area (Å²) in [6.45, 7) is 3.28. The normalized spacial score (nSPS) is 11.9. The standard InChI is InChI=1S/C12H19N5O3S/c1-10-6-14-12(20-10)8-16-21(18,19)11-7-15-17(9-11)5-3-4-13-2/h6-7,9,13,16H,3-5,8H2,1-2H3. The van der Waals surface area contributed by atoms with Crippen LogP contribution in [-0.4, -0.2) is 36.8 Å². The Balaban J connectivity index is 1.95. The van der Waals surface area contributed by atoms with Gasteiger partial charge in [0, 0.05) is 12.7 Å². The van der Waals surface area contributed by atoms with Crippen LogP contribution in [0, 0.1) is 6.92 Å². The van der Waals surface area contributed by atoms with E-state index in [1.165, 1.54) is 12.4 Å². The zero-order valence-electron chi connectivity index (χ0n) is 12.0. The van der Waals surface area contributed by atoms with E-state index in [-0.39, 0.29) is 11.4 Å². The van der Waals surface area contributed by atoms with Gasteiger partial charge in [-0.1, -0.05) is 0 Å². The Bertz CT molecular complexity index is 677. The highest BCUT2D eigenvalue weighted by molar-refractivity contribution is 7.89. The number of hydrogen-bond acceptors (Lipinski definition) is 6. The lowest BCUT2D eigenvalue weighted by Gasteiger charge is -2.02. The first-order valence-electron chi connectivity index (χ1n) is 6.59. The lowest BCUT2D eigenvalue weighted by Crippen LogP contribution is -2.23. The fraction of sp³-hybridized carbons (Fsp3) is 0.500. The highest BCUT2D eigenvalue weighted by Gasteiger charge is 2.17. The van der Waals surface area contributed by atoms with Crippen LogP contribution >= 0.6 is 0 Å². The molecule has 8 nitrogen and oxygen atoms in total. The summed E-state index contributed by atoms with van der Waals surface area (Å²) in [5.74, 6) is 0.971. The summed E-state index contributed by atoms with van der Waals surface area (Å²) in [7, 11) is -1.74. The van der Waals surface area contributed by atoms with Gasteiger partial charge in [-0.05, 0) is 26.9 Å². The van der Waals surface area contributed by atoms with Gasteiger partial charge in [0.2, 0.25) is 15.9 Å². The predicted octanol–water partition coefficient (Wildman–Crippen LogP) is 0.268. The van der Waals surface area contributed by atoms with Crippen LogP contribution in [0.25, 0.3) is 0 Å². The van der Waals surface area contributed by atoms with Crippen molar-refractivity contribution in [3.8, 4) is 0 Å². The van der Waals surface area contributed by atoms with E-state index >= 15 is 0 Å². The minimum absolute atomic E-state index is 0.0150. The van der Waals surface area contributed by atoms with Crippen molar-refractivity contribution in [2.24, 2.45) is 0 Å². The lowest BCUT2D eigenvalue weighted by molar-refractivity contribution is 0.463. The van der Waals surface area contributed by atoms with Gasteiger partial charge in [0.05, 0.1) is 18.9 Å². The van der Waals surface area contributed by atoms with Gasteiger partial charge in [-0.15, -0.1) is 0 Å². The molecule has 2 aromatic heterocycles. The van der Waals surface area contributed by atoms with E-state index in [2.05, 4.69) is 20.1 Å². The Labute approximate surface area is 123 Å². The molecule has 2 aromatic rings. The number of aromatic nitrogens is 3. The quantitative estimate of drug-likeness (QED) is 0.678.